The van der Waals surface area contributed by atoms with Gasteiger partial charge in [-0.15, -0.1) is 0 Å². The number of hydrogen-bond acceptors (Lipinski definition) is 6. The minimum absolute atomic E-state index is 0.0182. The molecule has 1 fully saturated rings. The summed E-state index contributed by atoms with van der Waals surface area (Å²) >= 11 is 0. The average Bonchev–Trinajstić information content (AvgIpc) is 3.38. The summed E-state index contributed by atoms with van der Waals surface area (Å²) in [6, 6.07) is 15.2. The summed E-state index contributed by atoms with van der Waals surface area (Å²) < 4.78 is 12.4. The van der Waals surface area contributed by atoms with Gasteiger partial charge < -0.3 is 25.3 Å². The smallest absolute Gasteiger partial charge is 0.260 e. The van der Waals surface area contributed by atoms with Gasteiger partial charge in [0.05, 0.1) is 28.8 Å². The van der Waals surface area contributed by atoms with Gasteiger partial charge in [-0.1, -0.05) is 12.1 Å². The van der Waals surface area contributed by atoms with Crippen molar-refractivity contribution in [3.05, 3.63) is 71.4 Å². The predicted molar refractivity (Wildman–Crippen MR) is 144 cm³/mol. The van der Waals surface area contributed by atoms with E-state index in [9.17, 15) is 14.0 Å². The zero-order chi connectivity index (χ0) is 26.1. The van der Waals surface area contributed by atoms with Gasteiger partial charge in [-0.2, -0.15) is 0 Å². The SMILES string of the molecule is Cc1cc(C(=O)N2CC[C@@H](NCCF)C2)ccc1Nc1cc2c(cn1)N(C)C(=O)c1ccccc1N2C. The highest BCUT2D eigenvalue weighted by molar-refractivity contribution is 6.13. The Balaban J connectivity index is 1.35. The highest BCUT2D eigenvalue weighted by Gasteiger charge is 2.28. The fraction of sp³-hybridized carbons (Fsp3) is 0.321. The molecule has 1 saturated heterocycles. The second-order valence-corrected chi connectivity index (χ2v) is 9.53. The van der Waals surface area contributed by atoms with Crippen molar-refractivity contribution < 1.29 is 14.0 Å². The van der Waals surface area contributed by atoms with E-state index in [1.54, 1.807) is 18.1 Å². The van der Waals surface area contributed by atoms with Gasteiger partial charge in [-0.05, 0) is 49.2 Å². The van der Waals surface area contributed by atoms with E-state index in [4.69, 9.17) is 0 Å². The second kappa shape index (κ2) is 10.2. The number of para-hydroxylation sites is 1. The van der Waals surface area contributed by atoms with Crippen LogP contribution < -0.4 is 20.4 Å². The Bertz CT molecular complexity index is 1350. The molecule has 0 radical (unpaired) electrons. The number of anilines is 5. The Kier molecular flexibility index (Phi) is 6.80. The Hall–Kier alpha value is -3.98. The molecule has 192 valence electrons. The molecule has 37 heavy (non-hydrogen) atoms. The first-order valence-electron chi connectivity index (χ1n) is 12.4. The average molecular weight is 503 g/mol. The number of nitrogens with zero attached hydrogens (tertiary/aromatic N) is 4. The molecule has 9 heteroatoms. The zero-order valence-corrected chi connectivity index (χ0v) is 21.3. The van der Waals surface area contributed by atoms with E-state index in [-0.39, 0.29) is 17.9 Å². The molecule has 2 amide bonds. The summed E-state index contributed by atoms with van der Waals surface area (Å²) in [6.07, 6.45) is 2.53. The lowest BCUT2D eigenvalue weighted by Crippen LogP contribution is -2.36. The maximum absolute atomic E-state index is 13.0. The molecular weight excluding hydrogens is 471 g/mol. The molecule has 1 atom stereocenters. The number of aromatic nitrogens is 1. The first kappa shape index (κ1) is 24.7. The summed E-state index contributed by atoms with van der Waals surface area (Å²) in [7, 11) is 3.70. The molecule has 2 aliphatic rings. The van der Waals surface area contributed by atoms with E-state index in [0.717, 1.165) is 34.7 Å². The van der Waals surface area contributed by atoms with Crippen molar-refractivity contribution in [3.63, 3.8) is 0 Å². The molecule has 1 aromatic heterocycles. The number of likely N-dealkylation sites (tertiary alicyclic amines) is 1. The molecule has 0 aliphatic carbocycles. The lowest BCUT2D eigenvalue weighted by Gasteiger charge is -2.23. The van der Waals surface area contributed by atoms with Crippen molar-refractivity contribution in [2.45, 2.75) is 19.4 Å². The van der Waals surface area contributed by atoms with Gasteiger partial charge in [-0.25, -0.2) is 9.37 Å². The van der Waals surface area contributed by atoms with Gasteiger partial charge in [0.1, 0.15) is 12.5 Å². The second-order valence-electron chi connectivity index (χ2n) is 9.53. The van der Waals surface area contributed by atoms with Gasteiger partial charge >= 0.3 is 0 Å². The highest BCUT2D eigenvalue weighted by Crippen LogP contribution is 2.40. The molecule has 2 aliphatic heterocycles. The number of amides is 2. The summed E-state index contributed by atoms with van der Waals surface area (Å²) in [5, 5.41) is 6.51. The van der Waals surface area contributed by atoms with Crippen LogP contribution in [-0.2, 0) is 0 Å². The third-order valence-corrected chi connectivity index (χ3v) is 7.12. The fourth-order valence-electron chi connectivity index (χ4n) is 5.03. The highest BCUT2D eigenvalue weighted by atomic mass is 19.1. The number of benzene rings is 2. The summed E-state index contributed by atoms with van der Waals surface area (Å²) in [6.45, 7) is 3.11. The van der Waals surface area contributed by atoms with Crippen LogP contribution in [0.3, 0.4) is 0 Å². The number of hydrogen-bond donors (Lipinski definition) is 2. The monoisotopic (exact) mass is 502 g/mol. The van der Waals surface area contributed by atoms with Gasteiger partial charge in [-0.3, -0.25) is 9.59 Å². The number of carbonyl (C=O) groups excluding carboxylic acids is 2. The molecule has 5 rings (SSSR count). The fourth-order valence-corrected chi connectivity index (χ4v) is 5.03. The van der Waals surface area contributed by atoms with Gasteiger partial charge in [0, 0.05) is 57.1 Å². The van der Waals surface area contributed by atoms with Gasteiger partial charge in [0.2, 0.25) is 0 Å². The summed E-state index contributed by atoms with van der Waals surface area (Å²) in [4.78, 5) is 36.0. The van der Waals surface area contributed by atoms with Crippen LogP contribution in [0.15, 0.2) is 54.7 Å². The zero-order valence-electron chi connectivity index (χ0n) is 21.3. The standard InChI is InChI=1S/C28H31FN6O2/c1-18-14-19(27(36)35-13-10-20(17-35)30-12-11-29)8-9-22(18)32-26-15-24-25(16-31-26)34(3)28(37)21-6-4-5-7-23(21)33(24)2/h4-9,14-16,20,30H,10-13,17H2,1-3H3,(H,31,32)/t20-/m1/s1. The number of carbonyl (C=O) groups is 2. The number of alkyl halides is 1. The summed E-state index contributed by atoms with van der Waals surface area (Å²) in [5.74, 6) is 0.534. The quantitative estimate of drug-likeness (QED) is 0.524. The topological polar surface area (TPSA) is 80.8 Å². The molecular formula is C28H31FN6O2. The van der Waals surface area contributed by atoms with Crippen LogP contribution in [0.25, 0.3) is 0 Å². The van der Waals surface area contributed by atoms with Gasteiger partial charge in [0.25, 0.3) is 11.8 Å². The molecule has 3 aromatic rings. The van der Waals surface area contributed by atoms with E-state index >= 15 is 0 Å². The molecule has 0 bridgehead atoms. The predicted octanol–water partition coefficient (Wildman–Crippen LogP) is 4.27. The maximum Gasteiger partial charge on any atom is 0.260 e. The van der Waals surface area contributed by atoms with Crippen molar-refractivity contribution in [2.75, 3.05) is 55.5 Å². The number of pyridine rings is 1. The third kappa shape index (κ3) is 4.74. The lowest BCUT2D eigenvalue weighted by molar-refractivity contribution is 0.0789. The number of nitrogens with one attached hydrogen (secondary N) is 2. The number of halogens is 1. The molecule has 8 nitrogen and oxygen atoms in total. The Labute approximate surface area is 216 Å². The van der Waals surface area contributed by atoms with E-state index in [1.807, 2.05) is 72.3 Å². The van der Waals surface area contributed by atoms with Crippen molar-refractivity contribution in [1.29, 1.82) is 0 Å². The maximum atomic E-state index is 13.0. The minimum Gasteiger partial charge on any atom is -0.342 e. The summed E-state index contributed by atoms with van der Waals surface area (Å²) in [5.41, 5.74) is 5.43. The first-order valence-corrected chi connectivity index (χ1v) is 12.4. The lowest BCUT2D eigenvalue weighted by atomic mass is 10.1. The van der Waals surface area contributed by atoms with Crippen LogP contribution in [0.4, 0.5) is 33.0 Å². The van der Waals surface area contributed by atoms with Crippen molar-refractivity contribution >= 4 is 40.4 Å². The molecule has 2 N–H and O–H groups in total. The number of rotatable bonds is 6. The van der Waals surface area contributed by atoms with Crippen LogP contribution in [0, 0.1) is 6.92 Å². The molecule has 0 spiro atoms. The minimum atomic E-state index is -0.407. The molecule has 3 heterocycles. The van der Waals surface area contributed by atoms with Crippen LogP contribution in [0.1, 0.15) is 32.7 Å². The van der Waals surface area contributed by atoms with Gasteiger partial charge in [0.15, 0.2) is 0 Å². The molecule has 2 aromatic carbocycles. The Morgan fingerprint density at radius 2 is 1.89 bits per heavy atom. The largest absolute Gasteiger partial charge is 0.342 e. The van der Waals surface area contributed by atoms with E-state index < -0.39 is 6.67 Å². The Morgan fingerprint density at radius 1 is 1.08 bits per heavy atom. The number of fused-ring (bicyclic) bond motifs is 2. The van der Waals surface area contributed by atoms with E-state index in [2.05, 4.69) is 15.6 Å². The molecule has 0 unspecified atom stereocenters. The van der Waals surface area contributed by atoms with Crippen molar-refractivity contribution in [1.82, 2.24) is 15.2 Å². The third-order valence-electron chi connectivity index (χ3n) is 7.12. The van der Waals surface area contributed by atoms with Crippen LogP contribution in [0.2, 0.25) is 0 Å². The van der Waals surface area contributed by atoms with Crippen LogP contribution >= 0.6 is 0 Å². The van der Waals surface area contributed by atoms with Crippen molar-refractivity contribution in [3.8, 4) is 0 Å². The van der Waals surface area contributed by atoms with Crippen LogP contribution in [0.5, 0.6) is 0 Å². The number of aryl methyl sites for hydroxylation is 1. The first-order chi connectivity index (χ1) is 17.9. The van der Waals surface area contributed by atoms with Crippen molar-refractivity contribution in [2.24, 2.45) is 0 Å². The van der Waals surface area contributed by atoms with E-state index in [0.29, 0.717) is 36.6 Å². The van der Waals surface area contributed by atoms with Crippen LogP contribution in [-0.4, -0.2) is 68.1 Å². The Morgan fingerprint density at radius 3 is 2.68 bits per heavy atom. The van der Waals surface area contributed by atoms with E-state index in [1.165, 1.54) is 0 Å². The normalized spacial score (nSPS) is 16.9. The molecule has 0 saturated carbocycles.